The van der Waals surface area contributed by atoms with E-state index in [1.807, 2.05) is 38.9 Å². The molecule has 3 atom stereocenters. The number of rotatable bonds is 4. The summed E-state index contributed by atoms with van der Waals surface area (Å²) in [7, 11) is 1.89. The number of nitrogens with zero attached hydrogens (tertiary/aromatic N) is 1. The van der Waals surface area contributed by atoms with Gasteiger partial charge in [0.15, 0.2) is 5.78 Å². The minimum absolute atomic E-state index is 0.00594. The van der Waals surface area contributed by atoms with Crippen molar-refractivity contribution in [3.63, 3.8) is 0 Å². The van der Waals surface area contributed by atoms with E-state index >= 15 is 0 Å². The SMILES string of the molecule is CC1=CC(C(=O)C[C@H]2NC(=O)[C@@H]2C(C)C)NN1C. The zero-order valence-corrected chi connectivity index (χ0v) is 11.4. The largest absolute Gasteiger partial charge is 0.352 e. The average Bonchev–Trinajstić information content (AvgIpc) is 2.57. The molecule has 0 spiro atoms. The first kappa shape index (κ1) is 13.1. The summed E-state index contributed by atoms with van der Waals surface area (Å²) in [6.45, 7) is 6.00. The molecule has 0 aromatic carbocycles. The summed E-state index contributed by atoms with van der Waals surface area (Å²) in [5.74, 6) is 0.478. The van der Waals surface area contributed by atoms with E-state index < -0.39 is 0 Å². The van der Waals surface area contributed by atoms with Crippen molar-refractivity contribution < 1.29 is 9.59 Å². The van der Waals surface area contributed by atoms with Crippen LogP contribution in [0.2, 0.25) is 0 Å². The summed E-state index contributed by atoms with van der Waals surface area (Å²) in [6.07, 6.45) is 2.33. The van der Waals surface area contributed by atoms with Crippen LogP contribution in [0.5, 0.6) is 0 Å². The number of nitrogens with one attached hydrogen (secondary N) is 2. The van der Waals surface area contributed by atoms with E-state index in [0.717, 1.165) is 5.70 Å². The highest BCUT2D eigenvalue weighted by Crippen LogP contribution is 2.26. The summed E-state index contributed by atoms with van der Waals surface area (Å²) in [5, 5.41) is 4.68. The molecule has 2 aliphatic heterocycles. The van der Waals surface area contributed by atoms with Crippen molar-refractivity contribution in [1.82, 2.24) is 15.8 Å². The number of Topliss-reactive ketones (excluding diaryl/α,β-unsaturated/α-hetero) is 1. The monoisotopic (exact) mass is 251 g/mol. The Bertz CT molecular complexity index is 403. The molecule has 100 valence electrons. The maximum Gasteiger partial charge on any atom is 0.225 e. The van der Waals surface area contributed by atoms with Gasteiger partial charge in [-0.15, -0.1) is 0 Å². The van der Waals surface area contributed by atoms with Crippen molar-refractivity contribution in [1.29, 1.82) is 0 Å². The Morgan fingerprint density at radius 3 is 2.61 bits per heavy atom. The molecule has 5 heteroatoms. The zero-order valence-electron chi connectivity index (χ0n) is 11.4. The van der Waals surface area contributed by atoms with E-state index in [-0.39, 0.29) is 35.6 Å². The number of carbonyl (C=O) groups is 2. The highest BCUT2D eigenvalue weighted by molar-refractivity contribution is 5.92. The number of hydrogen-bond donors (Lipinski definition) is 2. The second-order valence-electron chi connectivity index (χ2n) is 5.53. The molecule has 2 N–H and O–H groups in total. The molecule has 0 aliphatic carbocycles. The summed E-state index contributed by atoms with van der Waals surface area (Å²) in [5.41, 5.74) is 4.14. The van der Waals surface area contributed by atoms with Gasteiger partial charge >= 0.3 is 0 Å². The number of hydrogen-bond acceptors (Lipinski definition) is 4. The standard InChI is InChI=1S/C13H21N3O2/c1-7(2)12-10(14-13(12)18)6-11(17)9-5-8(3)16(4)15-9/h5,7,9-10,12,15H,6H2,1-4H3,(H,14,18)/t9?,10-,12-/m1/s1. The average molecular weight is 251 g/mol. The molecule has 2 aliphatic rings. The molecule has 1 fully saturated rings. The fourth-order valence-corrected chi connectivity index (χ4v) is 2.61. The normalized spacial score (nSPS) is 31.2. The number of β-lactam (4-membered cyclic amide) rings is 1. The lowest BCUT2D eigenvalue weighted by atomic mass is 9.78. The predicted octanol–water partition coefficient (Wildman–Crippen LogP) is 0.439. The second kappa shape index (κ2) is 4.72. The molecule has 1 saturated heterocycles. The van der Waals surface area contributed by atoms with Crippen LogP contribution in [0, 0.1) is 11.8 Å². The molecule has 1 unspecified atom stereocenters. The first-order valence-corrected chi connectivity index (χ1v) is 6.41. The van der Waals surface area contributed by atoms with Crippen LogP contribution in [0.25, 0.3) is 0 Å². The smallest absolute Gasteiger partial charge is 0.225 e. The highest BCUT2D eigenvalue weighted by Gasteiger charge is 2.42. The number of amides is 1. The molecule has 0 saturated carbocycles. The van der Waals surface area contributed by atoms with Crippen molar-refractivity contribution in [3.8, 4) is 0 Å². The lowest BCUT2D eigenvalue weighted by molar-refractivity contribution is -0.138. The Balaban J connectivity index is 1.91. The Kier molecular flexibility index (Phi) is 3.43. The lowest BCUT2D eigenvalue weighted by Gasteiger charge is -2.39. The van der Waals surface area contributed by atoms with Crippen molar-refractivity contribution in [2.75, 3.05) is 7.05 Å². The van der Waals surface area contributed by atoms with Crippen LogP contribution in [-0.2, 0) is 9.59 Å². The van der Waals surface area contributed by atoms with Gasteiger partial charge in [-0.3, -0.25) is 9.59 Å². The van der Waals surface area contributed by atoms with E-state index in [9.17, 15) is 9.59 Å². The molecule has 2 rings (SSSR count). The minimum atomic E-state index is -0.250. The van der Waals surface area contributed by atoms with E-state index in [0.29, 0.717) is 6.42 Å². The van der Waals surface area contributed by atoms with Gasteiger partial charge in [0.2, 0.25) is 5.91 Å². The first-order chi connectivity index (χ1) is 8.40. The number of hydrazine groups is 1. The number of carbonyl (C=O) groups excluding carboxylic acids is 2. The minimum Gasteiger partial charge on any atom is -0.352 e. The topological polar surface area (TPSA) is 61.4 Å². The third-order valence-corrected chi connectivity index (χ3v) is 3.82. The molecule has 18 heavy (non-hydrogen) atoms. The predicted molar refractivity (Wildman–Crippen MR) is 68.3 cm³/mol. The number of ketones is 1. The van der Waals surface area contributed by atoms with Gasteiger partial charge in [-0.05, 0) is 18.9 Å². The maximum atomic E-state index is 12.1. The summed E-state index contributed by atoms with van der Waals surface area (Å²) in [4.78, 5) is 23.6. The van der Waals surface area contributed by atoms with Crippen LogP contribution in [-0.4, -0.2) is 35.8 Å². The third-order valence-electron chi connectivity index (χ3n) is 3.82. The van der Waals surface area contributed by atoms with Gasteiger partial charge in [-0.1, -0.05) is 13.8 Å². The number of allylic oxidation sites excluding steroid dienone is 1. The van der Waals surface area contributed by atoms with Crippen LogP contribution in [0.15, 0.2) is 11.8 Å². The van der Waals surface area contributed by atoms with E-state index in [1.54, 1.807) is 0 Å². The van der Waals surface area contributed by atoms with Crippen molar-refractivity contribution in [3.05, 3.63) is 11.8 Å². The highest BCUT2D eigenvalue weighted by atomic mass is 16.2. The van der Waals surface area contributed by atoms with Crippen LogP contribution in [0.1, 0.15) is 27.2 Å². The van der Waals surface area contributed by atoms with E-state index in [2.05, 4.69) is 10.7 Å². The van der Waals surface area contributed by atoms with Gasteiger partial charge in [-0.25, -0.2) is 5.43 Å². The van der Waals surface area contributed by atoms with Crippen LogP contribution in [0.4, 0.5) is 0 Å². The Hall–Kier alpha value is -1.36. The molecule has 0 aromatic rings. The second-order valence-corrected chi connectivity index (χ2v) is 5.53. The van der Waals surface area contributed by atoms with Gasteiger partial charge < -0.3 is 10.3 Å². The van der Waals surface area contributed by atoms with Crippen LogP contribution < -0.4 is 10.7 Å². The van der Waals surface area contributed by atoms with E-state index in [4.69, 9.17) is 0 Å². The van der Waals surface area contributed by atoms with Gasteiger partial charge in [0.1, 0.15) is 6.04 Å². The van der Waals surface area contributed by atoms with Gasteiger partial charge in [0, 0.05) is 25.2 Å². The van der Waals surface area contributed by atoms with Gasteiger partial charge in [0.05, 0.1) is 5.92 Å². The van der Waals surface area contributed by atoms with Crippen LogP contribution in [0.3, 0.4) is 0 Å². The zero-order chi connectivity index (χ0) is 13.4. The fourth-order valence-electron chi connectivity index (χ4n) is 2.61. The molecule has 0 radical (unpaired) electrons. The quantitative estimate of drug-likeness (QED) is 0.712. The lowest BCUT2D eigenvalue weighted by Crippen LogP contribution is -2.61. The molecular weight excluding hydrogens is 230 g/mol. The molecule has 0 bridgehead atoms. The Morgan fingerprint density at radius 1 is 1.50 bits per heavy atom. The molecule has 2 heterocycles. The molecular formula is C13H21N3O2. The Morgan fingerprint density at radius 2 is 2.17 bits per heavy atom. The fraction of sp³-hybridized carbons (Fsp3) is 0.692. The third kappa shape index (κ3) is 2.27. The molecule has 1 amide bonds. The molecule has 5 nitrogen and oxygen atoms in total. The summed E-state index contributed by atoms with van der Waals surface area (Å²) < 4.78 is 0. The van der Waals surface area contributed by atoms with Crippen molar-refractivity contribution >= 4 is 11.7 Å². The van der Waals surface area contributed by atoms with Crippen molar-refractivity contribution in [2.45, 2.75) is 39.3 Å². The molecule has 0 aromatic heterocycles. The van der Waals surface area contributed by atoms with Crippen molar-refractivity contribution in [2.24, 2.45) is 11.8 Å². The summed E-state index contributed by atoms with van der Waals surface area (Å²) in [6, 6.07) is -0.244. The van der Waals surface area contributed by atoms with E-state index in [1.165, 1.54) is 0 Å². The summed E-state index contributed by atoms with van der Waals surface area (Å²) >= 11 is 0. The first-order valence-electron chi connectivity index (χ1n) is 6.41. The van der Waals surface area contributed by atoms with Gasteiger partial charge in [-0.2, -0.15) is 0 Å². The van der Waals surface area contributed by atoms with Crippen LogP contribution >= 0.6 is 0 Å². The van der Waals surface area contributed by atoms with Gasteiger partial charge in [0.25, 0.3) is 0 Å². The maximum absolute atomic E-state index is 12.1. The Labute approximate surface area is 108 Å².